The standard InChI is InChI=1S/C16H24ClNO/c1-11-7-8-13(9-12(11)2)18-10-14-15(17)5-4-6-16(14)19-3/h4-6,11-13,18H,7-10H2,1-3H3. The number of hydrogen-bond acceptors (Lipinski definition) is 2. The van der Waals surface area contributed by atoms with Gasteiger partial charge in [-0.15, -0.1) is 0 Å². The molecule has 1 aliphatic carbocycles. The summed E-state index contributed by atoms with van der Waals surface area (Å²) in [6.07, 6.45) is 3.84. The van der Waals surface area contributed by atoms with Crippen LogP contribution in [0.1, 0.15) is 38.7 Å². The number of methoxy groups -OCH3 is 1. The molecule has 1 N–H and O–H groups in total. The molecule has 0 bridgehead atoms. The third-order valence-corrected chi connectivity index (χ3v) is 4.82. The monoisotopic (exact) mass is 281 g/mol. The van der Waals surface area contributed by atoms with Gasteiger partial charge in [-0.2, -0.15) is 0 Å². The van der Waals surface area contributed by atoms with Gasteiger partial charge in [0.05, 0.1) is 7.11 Å². The van der Waals surface area contributed by atoms with Crippen molar-refractivity contribution in [3.63, 3.8) is 0 Å². The number of nitrogens with one attached hydrogen (secondary N) is 1. The quantitative estimate of drug-likeness (QED) is 0.890. The summed E-state index contributed by atoms with van der Waals surface area (Å²) in [5, 5.41) is 4.42. The summed E-state index contributed by atoms with van der Waals surface area (Å²) in [7, 11) is 1.69. The van der Waals surface area contributed by atoms with E-state index in [2.05, 4.69) is 19.2 Å². The molecule has 0 heterocycles. The van der Waals surface area contributed by atoms with Crippen molar-refractivity contribution >= 4 is 11.6 Å². The topological polar surface area (TPSA) is 21.3 Å². The van der Waals surface area contributed by atoms with Crippen LogP contribution in [0.15, 0.2) is 18.2 Å². The van der Waals surface area contributed by atoms with E-state index in [-0.39, 0.29) is 0 Å². The van der Waals surface area contributed by atoms with E-state index >= 15 is 0 Å². The van der Waals surface area contributed by atoms with Crippen molar-refractivity contribution in [2.75, 3.05) is 7.11 Å². The van der Waals surface area contributed by atoms with Gasteiger partial charge in [0.2, 0.25) is 0 Å². The minimum atomic E-state index is 0.604. The minimum Gasteiger partial charge on any atom is -0.496 e. The number of hydrogen-bond donors (Lipinski definition) is 1. The number of ether oxygens (including phenoxy) is 1. The normalized spacial score (nSPS) is 27.3. The number of halogens is 1. The van der Waals surface area contributed by atoms with Crippen molar-refractivity contribution in [3.8, 4) is 5.75 Å². The van der Waals surface area contributed by atoms with Gasteiger partial charge in [-0.05, 0) is 43.2 Å². The van der Waals surface area contributed by atoms with Crippen molar-refractivity contribution in [3.05, 3.63) is 28.8 Å². The van der Waals surface area contributed by atoms with Crippen molar-refractivity contribution < 1.29 is 4.74 Å². The highest BCUT2D eigenvalue weighted by molar-refractivity contribution is 6.31. The average Bonchev–Trinajstić information content (AvgIpc) is 2.41. The van der Waals surface area contributed by atoms with E-state index in [0.29, 0.717) is 6.04 Å². The highest BCUT2D eigenvalue weighted by Crippen LogP contribution is 2.31. The fourth-order valence-corrected chi connectivity index (χ4v) is 3.11. The van der Waals surface area contributed by atoms with Gasteiger partial charge in [0.15, 0.2) is 0 Å². The lowest BCUT2D eigenvalue weighted by molar-refractivity contribution is 0.225. The fraction of sp³-hybridized carbons (Fsp3) is 0.625. The second-order valence-electron chi connectivity index (χ2n) is 5.77. The van der Waals surface area contributed by atoms with E-state index in [1.54, 1.807) is 7.11 Å². The van der Waals surface area contributed by atoms with Gasteiger partial charge in [0.25, 0.3) is 0 Å². The molecule has 0 spiro atoms. The molecule has 1 aromatic rings. The predicted octanol–water partition coefficient (Wildman–Crippen LogP) is 4.26. The Morgan fingerprint density at radius 1 is 1.26 bits per heavy atom. The summed E-state index contributed by atoms with van der Waals surface area (Å²) >= 11 is 6.26. The molecule has 0 aliphatic heterocycles. The average molecular weight is 282 g/mol. The summed E-state index contributed by atoms with van der Waals surface area (Å²) in [6.45, 7) is 5.50. The van der Waals surface area contributed by atoms with Crippen LogP contribution in [0.5, 0.6) is 5.75 Å². The Morgan fingerprint density at radius 2 is 2.05 bits per heavy atom. The minimum absolute atomic E-state index is 0.604. The highest BCUT2D eigenvalue weighted by Gasteiger charge is 2.24. The smallest absolute Gasteiger partial charge is 0.124 e. The molecule has 1 fully saturated rings. The van der Waals surface area contributed by atoms with Crippen molar-refractivity contribution in [1.29, 1.82) is 0 Å². The van der Waals surface area contributed by atoms with Gasteiger partial charge in [0.1, 0.15) is 5.75 Å². The van der Waals surface area contributed by atoms with Gasteiger partial charge in [-0.3, -0.25) is 0 Å². The van der Waals surface area contributed by atoms with E-state index in [1.807, 2.05) is 18.2 Å². The largest absolute Gasteiger partial charge is 0.496 e. The lowest BCUT2D eigenvalue weighted by Gasteiger charge is -2.32. The summed E-state index contributed by atoms with van der Waals surface area (Å²) in [5.41, 5.74) is 1.07. The second-order valence-corrected chi connectivity index (χ2v) is 6.17. The van der Waals surface area contributed by atoms with E-state index in [4.69, 9.17) is 16.3 Å². The first-order chi connectivity index (χ1) is 9.11. The van der Waals surface area contributed by atoms with E-state index in [9.17, 15) is 0 Å². The molecule has 0 saturated heterocycles. The Labute approximate surface area is 121 Å². The zero-order valence-corrected chi connectivity index (χ0v) is 12.8. The van der Waals surface area contributed by atoms with Crippen LogP contribution >= 0.6 is 11.6 Å². The van der Waals surface area contributed by atoms with Crippen LogP contribution in [0.3, 0.4) is 0 Å². The first-order valence-electron chi connectivity index (χ1n) is 7.16. The molecule has 106 valence electrons. The molecule has 0 radical (unpaired) electrons. The van der Waals surface area contributed by atoms with Gasteiger partial charge in [0, 0.05) is 23.2 Å². The van der Waals surface area contributed by atoms with Crippen LogP contribution in [-0.2, 0) is 6.54 Å². The van der Waals surface area contributed by atoms with Crippen LogP contribution in [0.2, 0.25) is 5.02 Å². The summed E-state index contributed by atoms with van der Waals surface area (Å²) < 4.78 is 5.38. The molecule has 1 aromatic carbocycles. The van der Waals surface area contributed by atoms with Gasteiger partial charge < -0.3 is 10.1 Å². The van der Waals surface area contributed by atoms with Gasteiger partial charge in [-0.25, -0.2) is 0 Å². The molecule has 3 unspecified atom stereocenters. The molecule has 3 atom stereocenters. The maximum absolute atomic E-state index is 6.26. The lowest BCUT2D eigenvalue weighted by Crippen LogP contribution is -2.35. The van der Waals surface area contributed by atoms with Crippen LogP contribution in [0.25, 0.3) is 0 Å². The first-order valence-corrected chi connectivity index (χ1v) is 7.54. The van der Waals surface area contributed by atoms with Crippen LogP contribution in [0, 0.1) is 11.8 Å². The lowest BCUT2D eigenvalue weighted by atomic mass is 9.79. The van der Waals surface area contributed by atoms with Crippen molar-refractivity contribution in [1.82, 2.24) is 5.32 Å². The maximum atomic E-state index is 6.26. The van der Waals surface area contributed by atoms with Gasteiger partial charge in [-0.1, -0.05) is 31.5 Å². The van der Waals surface area contributed by atoms with Crippen molar-refractivity contribution in [2.45, 2.75) is 45.7 Å². The third kappa shape index (κ3) is 3.64. The number of rotatable bonds is 4. The zero-order valence-electron chi connectivity index (χ0n) is 12.1. The van der Waals surface area contributed by atoms with E-state index in [0.717, 1.165) is 34.7 Å². The summed E-state index contributed by atoms with van der Waals surface area (Å²) in [4.78, 5) is 0. The van der Waals surface area contributed by atoms with Gasteiger partial charge >= 0.3 is 0 Å². The van der Waals surface area contributed by atoms with E-state index in [1.165, 1.54) is 19.3 Å². The molecule has 2 rings (SSSR count). The Morgan fingerprint density at radius 3 is 2.74 bits per heavy atom. The summed E-state index contributed by atoms with van der Waals surface area (Å²) in [6, 6.07) is 6.42. The van der Waals surface area contributed by atoms with Crippen LogP contribution in [-0.4, -0.2) is 13.2 Å². The Bertz CT molecular complexity index is 421. The summed E-state index contributed by atoms with van der Waals surface area (Å²) in [5.74, 6) is 2.53. The molecular formula is C16H24ClNO. The predicted molar refractivity (Wildman–Crippen MR) is 80.8 cm³/mol. The molecule has 0 aromatic heterocycles. The Balaban J connectivity index is 1.96. The van der Waals surface area contributed by atoms with Crippen molar-refractivity contribution in [2.24, 2.45) is 11.8 Å². The SMILES string of the molecule is COc1cccc(Cl)c1CNC1CCC(C)C(C)C1. The maximum Gasteiger partial charge on any atom is 0.124 e. The molecule has 2 nitrogen and oxygen atoms in total. The Kier molecular flexibility index (Phi) is 5.12. The molecule has 1 aliphatic rings. The number of benzene rings is 1. The first kappa shape index (κ1) is 14.7. The van der Waals surface area contributed by atoms with Crippen LogP contribution in [0.4, 0.5) is 0 Å². The molecule has 1 saturated carbocycles. The molecular weight excluding hydrogens is 258 g/mol. The molecule has 0 amide bonds. The zero-order chi connectivity index (χ0) is 13.8. The third-order valence-electron chi connectivity index (χ3n) is 4.46. The van der Waals surface area contributed by atoms with E-state index < -0.39 is 0 Å². The second kappa shape index (κ2) is 6.62. The fourth-order valence-electron chi connectivity index (χ4n) is 2.88. The Hall–Kier alpha value is -0.730. The highest BCUT2D eigenvalue weighted by atomic mass is 35.5. The molecule has 3 heteroatoms. The molecule has 19 heavy (non-hydrogen) atoms. The van der Waals surface area contributed by atoms with Crippen LogP contribution < -0.4 is 10.1 Å².